The fraction of sp³-hybridized carbons (Fsp3) is 0.211. The third kappa shape index (κ3) is 4.34. The van der Waals surface area contributed by atoms with Gasteiger partial charge in [-0.25, -0.2) is 0 Å². The van der Waals surface area contributed by atoms with Crippen LogP contribution in [0, 0.1) is 0 Å². The van der Waals surface area contributed by atoms with E-state index in [-0.39, 0.29) is 11.2 Å². The van der Waals surface area contributed by atoms with E-state index >= 15 is 0 Å². The van der Waals surface area contributed by atoms with Crippen molar-refractivity contribution in [2.24, 2.45) is 0 Å². The fourth-order valence-corrected chi connectivity index (χ4v) is 3.80. The number of halogens is 1. The predicted octanol–water partition coefficient (Wildman–Crippen LogP) is 4.85. The Balaban J connectivity index is 1.74. The first-order valence-electron chi connectivity index (χ1n) is 8.30. The molecule has 1 heterocycles. The van der Waals surface area contributed by atoms with Crippen molar-refractivity contribution in [3.8, 4) is 11.4 Å². The van der Waals surface area contributed by atoms with Gasteiger partial charge in [0.25, 0.3) is 0 Å². The third-order valence-corrected chi connectivity index (χ3v) is 5.38. The summed E-state index contributed by atoms with van der Waals surface area (Å²) in [4.78, 5) is 12.5. The monoisotopic (exact) mass is 430 g/mol. The predicted molar refractivity (Wildman–Crippen MR) is 109 cm³/mol. The van der Waals surface area contributed by atoms with Gasteiger partial charge in [0.05, 0.1) is 5.25 Å². The van der Waals surface area contributed by atoms with Crippen LogP contribution in [0.2, 0.25) is 0 Å². The maximum Gasteiger partial charge on any atom is 0.237 e. The van der Waals surface area contributed by atoms with Gasteiger partial charge in [-0.1, -0.05) is 64.1 Å². The Morgan fingerprint density at radius 3 is 2.65 bits per heavy atom. The van der Waals surface area contributed by atoms with Crippen LogP contribution < -0.4 is 5.32 Å². The summed E-state index contributed by atoms with van der Waals surface area (Å²) in [6, 6.07) is 17.5. The topological polar surface area (TPSA) is 59.8 Å². The Kier molecular flexibility index (Phi) is 6.11. The van der Waals surface area contributed by atoms with E-state index in [2.05, 4.69) is 31.4 Å². The molecule has 3 aromatic rings. The van der Waals surface area contributed by atoms with Crippen LogP contribution in [0.4, 0.5) is 5.69 Å². The average Bonchev–Trinajstić information content (AvgIpc) is 3.05. The first kappa shape index (κ1) is 18.7. The second kappa shape index (κ2) is 8.51. The minimum absolute atomic E-state index is 0.0694. The molecule has 3 rings (SSSR count). The summed E-state index contributed by atoms with van der Waals surface area (Å²) in [5, 5.41) is 12.0. The van der Waals surface area contributed by atoms with Gasteiger partial charge in [-0.05, 0) is 32.0 Å². The van der Waals surface area contributed by atoms with E-state index in [4.69, 9.17) is 0 Å². The van der Waals surface area contributed by atoms with E-state index in [9.17, 15) is 4.79 Å². The Labute approximate surface area is 165 Å². The van der Waals surface area contributed by atoms with E-state index in [1.54, 1.807) is 0 Å². The molecule has 134 valence electrons. The standard InChI is InChI=1S/C19H19BrN4OS/c1-3-24-17(14-8-5-4-6-9-14)22-23-19(24)26-13(2)18(25)21-16-11-7-10-15(20)12-16/h4-13H,3H2,1-2H3,(H,21,25). The number of carbonyl (C=O) groups is 1. The first-order valence-corrected chi connectivity index (χ1v) is 9.97. The lowest BCUT2D eigenvalue weighted by Crippen LogP contribution is -2.22. The molecule has 7 heteroatoms. The van der Waals surface area contributed by atoms with E-state index in [0.717, 1.165) is 33.2 Å². The highest BCUT2D eigenvalue weighted by Gasteiger charge is 2.20. The molecule has 0 saturated carbocycles. The molecule has 0 fully saturated rings. The zero-order valence-electron chi connectivity index (χ0n) is 14.5. The number of hydrogen-bond donors (Lipinski definition) is 1. The summed E-state index contributed by atoms with van der Waals surface area (Å²) in [6.07, 6.45) is 0. The molecule has 0 aliphatic carbocycles. The molecular weight excluding hydrogens is 412 g/mol. The second-order valence-corrected chi connectivity index (χ2v) is 7.90. The van der Waals surface area contributed by atoms with Crippen molar-refractivity contribution < 1.29 is 4.79 Å². The molecule has 0 spiro atoms. The van der Waals surface area contributed by atoms with Crippen molar-refractivity contribution in [3.63, 3.8) is 0 Å². The normalized spacial score (nSPS) is 12.0. The van der Waals surface area contributed by atoms with Crippen LogP contribution in [-0.2, 0) is 11.3 Å². The number of carbonyl (C=O) groups excluding carboxylic acids is 1. The van der Waals surface area contributed by atoms with Crippen molar-refractivity contribution in [1.29, 1.82) is 0 Å². The lowest BCUT2D eigenvalue weighted by molar-refractivity contribution is -0.115. The van der Waals surface area contributed by atoms with Gasteiger partial charge in [-0.3, -0.25) is 4.79 Å². The van der Waals surface area contributed by atoms with Crippen LogP contribution in [-0.4, -0.2) is 25.9 Å². The molecule has 1 N–H and O–H groups in total. The van der Waals surface area contributed by atoms with Crippen molar-refractivity contribution in [2.75, 3.05) is 5.32 Å². The maximum absolute atomic E-state index is 12.5. The summed E-state index contributed by atoms with van der Waals surface area (Å²) in [5.41, 5.74) is 1.78. The molecule has 0 saturated heterocycles. The second-order valence-electron chi connectivity index (χ2n) is 5.68. The van der Waals surface area contributed by atoms with E-state index < -0.39 is 0 Å². The van der Waals surface area contributed by atoms with Gasteiger partial charge in [-0.2, -0.15) is 0 Å². The Morgan fingerprint density at radius 1 is 1.19 bits per heavy atom. The smallest absolute Gasteiger partial charge is 0.237 e. The van der Waals surface area contributed by atoms with Crippen molar-refractivity contribution in [2.45, 2.75) is 30.8 Å². The van der Waals surface area contributed by atoms with Crippen LogP contribution >= 0.6 is 27.7 Å². The molecule has 5 nitrogen and oxygen atoms in total. The molecule has 1 unspecified atom stereocenters. The Bertz CT molecular complexity index is 898. The molecule has 0 aliphatic rings. The zero-order valence-corrected chi connectivity index (χ0v) is 16.9. The summed E-state index contributed by atoms with van der Waals surface area (Å²) in [6.45, 7) is 4.65. The summed E-state index contributed by atoms with van der Waals surface area (Å²) in [7, 11) is 0. The van der Waals surface area contributed by atoms with E-state index in [1.165, 1.54) is 11.8 Å². The van der Waals surface area contributed by atoms with Gasteiger partial charge < -0.3 is 9.88 Å². The third-order valence-electron chi connectivity index (χ3n) is 3.81. The number of nitrogens with zero attached hydrogens (tertiary/aromatic N) is 3. The number of anilines is 1. The number of benzene rings is 2. The Hall–Kier alpha value is -2.12. The fourth-order valence-electron chi connectivity index (χ4n) is 2.48. The lowest BCUT2D eigenvalue weighted by Gasteiger charge is -2.13. The highest BCUT2D eigenvalue weighted by atomic mass is 79.9. The molecule has 1 atom stereocenters. The van der Waals surface area contributed by atoms with Crippen molar-refractivity contribution >= 4 is 39.3 Å². The zero-order chi connectivity index (χ0) is 18.5. The number of thioether (sulfide) groups is 1. The molecule has 1 amide bonds. The van der Waals surface area contributed by atoms with Crippen LogP contribution in [0.25, 0.3) is 11.4 Å². The average molecular weight is 431 g/mol. The van der Waals surface area contributed by atoms with Gasteiger partial charge in [-0.15, -0.1) is 10.2 Å². The van der Waals surface area contributed by atoms with Crippen molar-refractivity contribution in [1.82, 2.24) is 14.8 Å². The summed E-state index contributed by atoms with van der Waals surface area (Å²) >= 11 is 4.82. The SMILES string of the molecule is CCn1c(SC(C)C(=O)Nc2cccc(Br)c2)nnc1-c1ccccc1. The molecule has 0 bridgehead atoms. The highest BCUT2D eigenvalue weighted by Crippen LogP contribution is 2.27. The van der Waals surface area contributed by atoms with Crippen LogP contribution in [0.1, 0.15) is 13.8 Å². The van der Waals surface area contributed by atoms with Gasteiger partial charge in [0, 0.05) is 22.3 Å². The number of rotatable bonds is 6. The van der Waals surface area contributed by atoms with Crippen LogP contribution in [0.15, 0.2) is 64.2 Å². The first-order chi connectivity index (χ1) is 12.6. The van der Waals surface area contributed by atoms with Crippen LogP contribution in [0.3, 0.4) is 0 Å². The Morgan fingerprint density at radius 2 is 1.96 bits per heavy atom. The van der Waals surface area contributed by atoms with Crippen molar-refractivity contribution in [3.05, 3.63) is 59.1 Å². The molecule has 0 aliphatic heterocycles. The van der Waals surface area contributed by atoms with Gasteiger partial charge in [0.1, 0.15) is 0 Å². The minimum atomic E-state index is -0.299. The number of hydrogen-bond acceptors (Lipinski definition) is 4. The molecule has 0 radical (unpaired) electrons. The van der Waals surface area contributed by atoms with Gasteiger partial charge in [0.15, 0.2) is 11.0 Å². The van der Waals surface area contributed by atoms with E-state index in [1.807, 2.05) is 73.0 Å². The largest absolute Gasteiger partial charge is 0.325 e. The summed E-state index contributed by atoms with van der Waals surface area (Å²) in [5.74, 6) is 0.746. The quantitative estimate of drug-likeness (QED) is 0.567. The van der Waals surface area contributed by atoms with Gasteiger partial charge in [0.2, 0.25) is 5.91 Å². The maximum atomic E-state index is 12.5. The molecule has 2 aromatic carbocycles. The summed E-state index contributed by atoms with van der Waals surface area (Å²) < 4.78 is 2.96. The number of nitrogens with one attached hydrogen (secondary N) is 1. The molecular formula is C19H19BrN4OS. The number of aromatic nitrogens is 3. The molecule has 26 heavy (non-hydrogen) atoms. The number of amides is 1. The highest BCUT2D eigenvalue weighted by molar-refractivity contribution is 9.10. The minimum Gasteiger partial charge on any atom is -0.325 e. The molecule has 1 aromatic heterocycles. The van der Waals surface area contributed by atoms with Crippen LogP contribution in [0.5, 0.6) is 0 Å². The lowest BCUT2D eigenvalue weighted by atomic mass is 10.2. The van der Waals surface area contributed by atoms with Gasteiger partial charge >= 0.3 is 0 Å². The van der Waals surface area contributed by atoms with E-state index in [0.29, 0.717) is 0 Å².